The summed E-state index contributed by atoms with van der Waals surface area (Å²) in [4.78, 5) is 28.6. The fourth-order valence-electron chi connectivity index (χ4n) is 4.70. The first-order valence-electron chi connectivity index (χ1n) is 11.6. The molecule has 0 radical (unpaired) electrons. The minimum Gasteiger partial charge on any atom is -0.495 e. The van der Waals surface area contributed by atoms with Gasteiger partial charge in [0, 0.05) is 20.0 Å². The Morgan fingerprint density at radius 1 is 1.03 bits per heavy atom. The van der Waals surface area contributed by atoms with Crippen molar-refractivity contribution in [3.05, 3.63) is 36.4 Å². The van der Waals surface area contributed by atoms with E-state index in [9.17, 15) is 18.0 Å². The van der Waals surface area contributed by atoms with Crippen molar-refractivity contribution >= 4 is 39.1 Å². The van der Waals surface area contributed by atoms with Crippen LogP contribution >= 0.6 is 0 Å². The van der Waals surface area contributed by atoms with Gasteiger partial charge in [0.1, 0.15) is 5.75 Å². The second-order valence-electron chi connectivity index (χ2n) is 9.11. The number of fused-ring (bicyclic) bond motifs is 1. The van der Waals surface area contributed by atoms with Gasteiger partial charge in [0.05, 0.1) is 42.1 Å². The fourth-order valence-corrected chi connectivity index (χ4v) is 6.26. The highest BCUT2D eigenvalue weighted by Gasteiger charge is 2.35. The van der Waals surface area contributed by atoms with E-state index in [0.717, 1.165) is 11.1 Å². The summed E-state index contributed by atoms with van der Waals surface area (Å²) in [6.45, 7) is 7.66. The van der Waals surface area contributed by atoms with E-state index in [1.165, 1.54) is 18.3 Å². The van der Waals surface area contributed by atoms with Crippen molar-refractivity contribution in [2.24, 2.45) is 0 Å². The molecule has 4 rings (SSSR count). The lowest BCUT2D eigenvalue weighted by molar-refractivity contribution is -0.117. The Labute approximate surface area is 206 Å². The molecule has 2 aliphatic heterocycles. The van der Waals surface area contributed by atoms with Gasteiger partial charge in [-0.1, -0.05) is 12.1 Å². The first-order valence-corrected chi connectivity index (χ1v) is 13.2. The van der Waals surface area contributed by atoms with E-state index in [-0.39, 0.29) is 23.8 Å². The van der Waals surface area contributed by atoms with E-state index >= 15 is 0 Å². The van der Waals surface area contributed by atoms with Gasteiger partial charge in [-0.2, -0.15) is 0 Å². The van der Waals surface area contributed by atoms with E-state index in [1.807, 2.05) is 31.2 Å². The standard InChI is InChI=1S/C25H31N3O6S/c1-16(2)34-25(30)26-15-17(3)28(18(4)29)21-9-7-19(13-22(21)26)20-8-10-24(33-5)23(14-20)27-11-6-12-35(27,31)32/h7-10,13-14,16-17H,6,11-12,15H2,1-5H3. The van der Waals surface area contributed by atoms with Gasteiger partial charge in [-0.3, -0.25) is 14.0 Å². The summed E-state index contributed by atoms with van der Waals surface area (Å²) < 4.78 is 37.5. The molecule has 1 unspecified atom stereocenters. The summed E-state index contributed by atoms with van der Waals surface area (Å²) in [5, 5.41) is 0. The molecule has 0 N–H and O–H groups in total. The second-order valence-corrected chi connectivity index (χ2v) is 11.1. The monoisotopic (exact) mass is 501 g/mol. The van der Waals surface area contributed by atoms with Gasteiger partial charge in [-0.25, -0.2) is 13.2 Å². The maximum atomic E-state index is 12.9. The van der Waals surface area contributed by atoms with Crippen molar-refractivity contribution in [2.75, 3.05) is 40.1 Å². The highest BCUT2D eigenvalue weighted by Crippen LogP contribution is 2.41. The molecule has 0 aromatic heterocycles. The molecule has 2 aliphatic rings. The van der Waals surface area contributed by atoms with Gasteiger partial charge in [0.15, 0.2) is 0 Å². The Hall–Kier alpha value is -3.27. The summed E-state index contributed by atoms with van der Waals surface area (Å²) in [6.07, 6.45) is -0.213. The Kier molecular flexibility index (Phi) is 6.68. The average Bonchev–Trinajstić information content (AvgIpc) is 3.15. The first kappa shape index (κ1) is 24.8. The van der Waals surface area contributed by atoms with Crippen molar-refractivity contribution in [2.45, 2.75) is 46.3 Å². The normalized spacial score (nSPS) is 19.0. The van der Waals surface area contributed by atoms with Crippen LogP contribution in [0.1, 0.15) is 34.1 Å². The lowest BCUT2D eigenvalue weighted by Crippen LogP contribution is -2.51. The van der Waals surface area contributed by atoms with E-state index in [0.29, 0.717) is 42.3 Å². The number of carbonyl (C=O) groups is 2. The van der Waals surface area contributed by atoms with Crippen LogP contribution < -0.4 is 18.8 Å². The molecule has 10 heteroatoms. The maximum absolute atomic E-state index is 12.9. The number of carbonyl (C=O) groups excluding carboxylic acids is 2. The van der Waals surface area contributed by atoms with Crippen molar-refractivity contribution in [1.82, 2.24) is 0 Å². The molecule has 0 spiro atoms. The SMILES string of the molecule is COc1ccc(-c2ccc3c(c2)N(C(=O)OC(C)C)CC(C)N3C(C)=O)cc1N1CCCS1(=O)=O. The minimum absolute atomic E-state index is 0.102. The van der Waals surface area contributed by atoms with Gasteiger partial charge < -0.3 is 14.4 Å². The Balaban J connectivity index is 1.82. The van der Waals surface area contributed by atoms with Crippen LogP contribution in [-0.2, 0) is 19.6 Å². The molecule has 1 atom stereocenters. The molecule has 0 bridgehead atoms. The highest BCUT2D eigenvalue weighted by atomic mass is 32.2. The van der Waals surface area contributed by atoms with Crippen LogP contribution in [0.5, 0.6) is 5.75 Å². The van der Waals surface area contributed by atoms with E-state index in [4.69, 9.17) is 9.47 Å². The van der Waals surface area contributed by atoms with Crippen molar-refractivity contribution in [3.8, 4) is 16.9 Å². The Morgan fingerprint density at radius 3 is 2.26 bits per heavy atom. The molecular formula is C25H31N3O6S. The number of sulfonamides is 1. The summed E-state index contributed by atoms with van der Waals surface area (Å²) in [7, 11) is -1.89. The van der Waals surface area contributed by atoms with Crippen LogP contribution in [0.2, 0.25) is 0 Å². The van der Waals surface area contributed by atoms with E-state index in [1.54, 1.807) is 35.8 Å². The van der Waals surface area contributed by atoms with Crippen LogP contribution in [0.15, 0.2) is 36.4 Å². The quantitative estimate of drug-likeness (QED) is 0.628. The third kappa shape index (κ3) is 4.67. The van der Waals surface area contributed by atoms with E-state index in [2.05, 4.69) is 0 Å². The number of rotatable bonds is 4. The zero-order valence-electron chi connectivity index (χ0n) is 20.6. The average molecular weight is 502 g/mol. The number of hydrogen-bond donors (Lipinski definition) is 0. The Bertz CT molecular complexity index is 1260. The lowest BCUT2D eigenvalue weighted by atomic mass is 10.00. The van der Waals surface area contributed by atoms with E-state index < -0.39 is 16.1 Å². The second kappa shape index (κ2) is 9.41. The molecule has 2 aromatic carbocycles. The zero-order valence-corrected chi connectivity index (χ0v) is 21.5. The van der Waals surface area contributed by atoms with Gasteiger partial charge in [-0.15, -0.1) is 0 Å². The molecule has 2 aromatic rings. The number of ether oxygens (including phenoxy) is 2. The van der Waals surface area contributed by atoms with Gasteiger partial charge in [0.25, 0.3) is 0 Å². The van der Waals surface area contributed by atoms with Crippen LogP contribution in [0.25, 0.3) is 11.1 Å². The van der Waals surface area contributed by atoms with Crippen molar-refractivity contribution in [1.29, 1.82) is 0 Å². The van der Waals surface area contributed by atoms with Gasteiger partial charge in [-0.05, 0) is 62.6 Å². The van der Waals surface area contributed by atoms with Crippen LogP contribution in [0.3, 0.4) is 0 Å². The molecule has 0 saturated carbocycles. The number of amides is 2. The first-order chi connectivity index (χ1) is 16.5. The summed E-state index contributed by atoms with van der Waals surface area (Å²) in [5.41, 5.74) is 3.19. The van der Waals surface area contributed by atoms with Crippen LogP contribution in [0.4, 0.5) is 21.9 Å². The van der Waals surface area contributed by atoms with Crippen LogP contribution in [-0.4, -0.2) is 58.5 Å². The molecule has 9 nitrogen and oxygen atoms in total. The van der Waals surface area contributed by atoms with Gasteiger partial charge in [0.2, 0.25) is 15.9 Å². The maximum Gasteiger partial charge on any atom is 0.414 e. The molecule has 0 aliphatic carbocycles. The largest absolute Gasteiger partial charge is 0.495 e. The smallest absolute Gasteiger partial charge is 0.414 e. The molecular weight excluding hydrogens is 470 g/mol. The third-order valence-electron chi connectivity index (χ3n) is 6.19. The number of methoxy groups -OCH3 is 1. The topological polar surface area (TPSA) is 96.5 Å². The molecule has 1 fully saturated rings. The number of anilines is 3. The van der Waals surface area contributed by atoms with Crippen LogP contribution in [0, 0.1) is 0 Å². The lowest BCUT2D eigenvalue weighted by Gasteiger charge is -2.40. The zero-order chi connectivity index (χ0) is 25.5. The summed E-state index contributed by atoms with van der Waals surface area (Å²) in [6, 6.07) is 10.7. The minimum atomic E-state index is -3.40. The predicted octanol–water partition coefficient (Wildman–Crippen LogP) is 4.01. The number of benzene rings is 2. The Morgan fingerprint density at radius 2 is 1.69 bits per heavy atom. The molecule has 2 heterocycles. The molecule has 1 saturated heterocycles. The fraction of sp³-hybridized carbons (Fsp3) is 0.440. The molecule has 2 amide bonds. The van der Waals surface area contributed by atoms with Crippen molar-refractivity contribution in [3.63, 3.8) is 0 Å². The number of hydrogen-bond acceptors (Lipinski definition) is 6. The van der Waals surface area contributed by atoms with Crippen molar-refractivity contribution < 1.29 is 27.5 Å². The van der Waals surface area contributed by atoms with Gasteiger partial charge >= 0.3 is 6.09 Å². The molecule has 35 heavy (non-hydrogen) atoms. The predicted molar refractivity (Wildman–Crippen MR) is 136 cm³/mol. The molecule has 188 valence electrons. The number of nitrogens with zero attached hydrogens (tertiary/aromatic N) is 3. The summed E-state index contributed by atoms with van der Waals surface area (Å²) in [5.74, 6) is 0.454. The third-order valence-corrected chi connectivity index (χ3v) is 8.05. The summed E-state index contributed by atoms with van der Waals surface area (Å²) >= 11 is 0. The highest BCUT2D eigenvalue weighted by molar-refractivity contribution is 7.93.